The number of nitrogens with zero attached hydrogens (tertiary/aromatic N) is 2. The third-order valence-corrected chi connectivity index (χ3v) is 5.34. The maximum absolute atomic E-state index is 13.0. The molecule has 0 aromatic rings. The molecule has 0 unspecified atom stereocenters. The van der Waals surface area contributed by atoms with Crippen LogP contribution in [0.3, 0.4) is 0 Å². The van der Waals surface area contributed by atoms with Gasteiger partial charge in [0.25, 0.3) is 0 Å². The fourth-order valence-electron chi connectivity index (χ4n) is 3.90. The van der Waals surface area contributed by atoms with Crippen molar-refractivity contribution in [3.8, 4) is 0 Å². The minimum Gasteiger partial charge on any atom is -0.380 e. The van der Waals surface area contributed by atoms with Crippen LogP contribution in [0.15, 0.2) is 0 Å². The molecule has 1 N–H and O–H groups in total. The highest BCUT2D eigenvalue weighted by Crippen LogP contribution is 2.39. The summed E-state index contributed by atoms with van der Waals surface area (Å²) in [7, 11) is 0. The number of fused-ring (bicyclic) bond motifs is 1. The Bertz CT molecular complexity index is 366. The van der Waals surface area contributed by atoms with Crippen LogP contribution >= 0.6 is 0 Å². The lowest BCUT2D eigenvalue weighted by atomic mass is 9.74. The summed E-state index contributed by atoms with van der Waals surface area (Å²) in [6, 6.07) is 0.573. The zero-order valence-corrected chi connectivity index (χ0v) is 12.7. The van der Waals surface area contributed by atoms with Gasteiger partial charge in [-0.05, 0) is 32.7 Å². The van der Waals surface area contributed by atoms with E-state index in [4.69, 9.17) is 4.74 Å². The highest BCUT2D eigenvalue weighted by atomic mass is 16.5. The quantitative estimate of drug-likeness (QED) is 0.783. The Kier molecular flexibility index (Phi) is 4.02. The molecular formula is C15H27N3O2. The van der Waals surface area contributed by atoms with Crippen molar-refractivity contribution in [2.75, 3.05) is 52.5 Å². The Morgan fingerprint density at radius 1 is 1.30 bits per heavy atom. The number of rotatable bonds is 2. The molecule has 2 atom stereocenters. The molecule has 114 valence electrons. The van der Waals surface area contributed by atoms with Gasteiger partial charge in [0, 0.05) is 45.4 Å². The molecule has 3 aliphatic rings. The second kappa shape index (κ2) is 5.62. The van der Waals surface area contributed by atoms with Crippen molar-refractivity contribution in [1.82, 2.24) is 15.1 Å². The maximum atomic E-state index is 13.0. The minimum absolute atomic E-state index is 0.280. The highest BCUT2D eigenvalue weighted by Gasteiger charge is 2.52. The average molecular weight is 281 g/mol. The van der Waals surface area contributed by atoms with E-state index in [0.717, 1.165) is 52.3 Å². The van der Waals surface area contributed by atoms with Gasteiger partial charge in [-0.2, -0.15) is 0 Å². The van der Waals surface area contributed by atoms with E-state index in [1.807, 2.05) is 0 Å². The van der Waals surface area contributed by atoms with E-state index in [9.17, 15) is 4.79 Å². The second-order valence-electron chi connectivity index (χ2n) is 6.75. The molecule has 0 bridgehead atoms. The van der Waals surface area contributed by atoms with Crippen molar-refractivity contribution in [2.45, 2.75) is 26.3 Å². The summed E-state index contributed by atoms with van der Waals surface area (Å²) >= 11 is 0. The normalized spacial score (nSPS) is 35.4. The first kappa shape index (κ1) is 14.3. The van der Waals surface area contributed by atoms with Gasteiger partial charge in [-0.1, -0.05) is 0 Å². The first-order valence-corrected chi connectivity index (χ1v) is 7.95. The lowest BCUT2D eigenvalue weighted by Crippen LogP contribution is -2.58. The van der Waals surface area contributed by atoms with Gasteiger partial charge in [0.1, 0.15) is 0 Å². The monoisotopic (exact) mass is 281 g/mol. The molecule has 1 amide bonds. The fraction of sp³-hybridized carbons (Fsp3) is 0.933. The summed E-state index contributed by atoms with van der Waals surface area (Å²) < 4.78 is 5.66. The number of carbonyl (C=O) groups is 1. The van der Waals surface area contributed by atoms with E-state index in [1.165, 1.54) is 0 Å². The van der Waals surface area contributed by atoms with Gasteiger partial charge in [0.2, 0.25) is 5.91 Å². The van der Waals surface area contributed by atoms with Gasteiger partial charge < -0.3 is 15.0 Å². The van der Waals surface area contributed by atoms with Crippen LogP contribution in [0.1, 0.15) is 20.3 Å². The molecule has 3 fully saturated rings. The molecule has 0 aromatic heterocycles. The van der Waals surface area contributed by atoms with E-state index in [-0.39, 0.29) is 5.41 Å². The van der Waals surface area contributed by atoms with Gasteiger partial charge in [-0.15, -0.1) is 0 Å². The van der Waals surface area contributed by atoms with E-state index < -0.39 is 0 Å². The van der Waals surface area contributed by atoms with Gasteiger partial charge in [0.15, 0.2) is 0 Å². The Morgan fingerprint density at radius 3 is 2.75 bits per heavy atom. The van der Waals surface area contributed by atoms with Crippen LogP contribution < -0.4 is 5.32 Å². The molecule has 0 aliphatic carbocycles. The van der Waals surface area contributed by atoms with Crippen molar-refractivity contribution < 1.29 is 9.53 Å². The number of hydrogen-bond acceptors (Lipinski definition) is 4. The SMILES string of the molecule is CC(C)N1CCN(C(=O)[C@]23CNC[C@H]2CCOC3)CC1. The summed E-state index contributed by atoms with van der Waals surface area (Å²) in [6.07, 6.45) is 1.02. The number of carbonyl (C=O) groups excluding carboxylic acids is 1. The van der Waals surface area contributed by atoms with Crippen molar-refractivity contribution in [3.05, 3.63) is 0 Å². The summed E-state index contributed by atoms with van der Waals surface area (Å²) in [4.78, 5) is 17.5. The number of nitrogens with one attached hydrogen (secondary N) is 1. The van der Waals surface area contributed by atoms with Crippen molar-refractivity contribution in [3.63, 3.8) is 0 Å². The fourth-order valence-corrected chi connectivity index (χ4v) is 3.90. The van der Waals surface area contributed by atoms with Crippen LogP contribution in [-0.2, 0) is 9.53 Å². The molecule has 3 heterocycles. The smallest absolute Gasteiger partial charge is 0.232 e. The Morgan fingerprint density at radius 2 is 2.05 bits per heavy atom. The standard InChI is InChI=1S/C15H27N3O2/c1-12(2)17-4-6-18(7-5-17)14(19)15-10-16-9-13(15)3-8-20-11-15/h12-13,16H,3-11H2,1-2H3/t13-,15+/m1/s1. The van der Waals surface area contributed by atoms with Gasteiger partial charge in [-0.25, -0.2) is 0 Å². The van der Waals surface area contributed by atoms with Gasteiger partial charge in [0.05, 0.1) is 12.0 Å². The summed E-state index contributed by atoms with van der Waals surface area (Å²) in [5, 5.41) is 3.41. The summed E-state index contributed by atoms with van der Waals surface area (Å²) in [5.41, 5.74) is -0.280. The third-order valence-electron chi connectivity index (χ3n) is 5.34. The number of piperazine rings is 1. The van der Waals surface area contributed by atoms with Crippen LogP contribution in [0.2, 0.25) is 0 Å². The van der Waals surface area contributed by atoms with E-state index in [2.05, 4.69) is 29.0 Å². The van der Waals surface area contributed by atoms with Crippen molar-refractivity contribution in [2.24, 2.45) is 11.3 Å². The molecule has 3 aliphatic heterocycles. The molecule has 0 radical (unpaired) electrons. The van der Waals surface area contributed by atoms with Gasteiger partial charge in [-0.3, -0.25) is 9.69 Å². The van der Waals surface area contributed by atoms with Crippen LogP contribution in [0.4, 0.5) is 0 Å². The summed E-state index contributed by atoms with van der Waals surface area (Å²) in [6.45, 7) is 11.4. The molecule has 0 aromatic carbocycles. The molecule has 20 heavy (non-hydrogen) atoms. The van der Waals surface area contributed by atoms with Crippen molar-refractivity contribution in [1.29, 1.82) is 0 Å². The molecule has 3 saturated heterocycles. The Labute approximate surface area is 121 Å². The molecule has 0 spiro atoms. The molecule has 0 saturated carbocycles. The first-order chi connectivity index (χ1) is 9.63. The largest absolute Gasteiger partial charge is 0.380 e. The van der Waals surface area contributed by atoms with Crippen LogP contribution in [0, 0.1) is 11.3 Å². The molecule has 5 nitrogen and oxygen atoms in total. The number of amides is 1. The summed E-state index contributed by atoms with van der Waals surface area (Å²) in [5.74, 6) is 0.794. The van der Waals surface area contributed by atoms with Crippen LogP contribution in [-0.4, -0.2) is 74.2 Å². The third kappa shape index (κ3) is 2.36. The lowest BCUT2D eigenvalue weighted by molar-refractivity contribution is -0.154. The molecule has 3 rings (SSSR count). The lowest BCUT2D eigenvalue weighted by Gasteiger charge is -2.44. The van der Waals surface area contributed by atoms with E-state index in [0.29, 0.717) is 24.5 Å². The van der Waals surface area contributed by atoms with Gasteiger partial charge >= 0.3 is 0 Å². The predicted molar refractivity (Wildman–Crippen MR) is 77.5 cm³/mol. The maximum Gasteiger partial charge on any atom is 0.232 e. The number of hydrogen-bond donors (Lipinski definition) is 1. The minimum atomic E-state index is -0.280. The van der Waals surface area contributed by atoms with Crippen LogP contribution in [0.25, 0.3) is 0 Å². The molecule has 5 heteroatoms. The number of ether oxygens (including phenoxy) is 1. The van der Waals surface area contributed by atoms with E-state index >= 15 is 0 Å². The zero-order chi connectivity index (χ0) is 14.2. The second-order valence-corrected chi connectivity index (χ2v) is 6.75. The Hall–Kier alpha value is -0.650. The molecular weight excluding hydrogens is 254 g/mol. The van der Waals surface area contributed by atoms with Crippen molar-refractivity contribution >= 4 is 5.91 Å². The average Bonchev–Trinajstić information content (AvgIpc) is 2.91. The highest BCUT2D eigenvalue weighted by molar-refractivity contribution is 5.84. The first-order valence-electron chi connectivity index (χ1n) is 7.95. The zero-order valence-electron chi connectivity index (χ0n) is 12.7. The van der Waals surface area contributed by atoms with Crippen LogP contribution in [0.5, 0.6) is 0 Å². The topological polar surface area (TPSA) is 44.8 Å². The Balaban J connectivity index is 1.67. The van der Waals surface area contributed by atoms with E-state index in [1.54, 1.807) is 0 Å². The predicted octanol–water partition coefficient (Wildman–Crippen LogP) is 0.165.